The van der Waals surface area contributed by atoms with E-state index in [2.05, 4.69) is 303 Å². The number of aromatic nitrogens is 4. The fourth-order valence-corrected chi connectivity index (χ4v) is 13.2. The van der Waals surface area contributed by atoms with Crippen molar-refractivity contribution in [2.75, 3.05) is 7.11 Å². The molecule has 12 rings (SSSR count). The van der Waals surface area contributed by atoms with Gasteiger partial charge in [0.1, 0.15) is 0 Å². The fourth-order valence-electron chi connectivity index (χ4n) is 13.2. The van der Waals surface area contributed by atoms with Crippen molar-refractivity contribution >= 4 is 66.7 Å². The number of allylic oxidation sites excluding steroid dienone is 8. The Bertz CT molecular complexity index is 5660. The van der Waals surface area contributed by atoms with Gasteiger partial charge in [0.05, 0.1) is 52.2 Å². The van der Waals surface area contributed by atoms with Crippen LogP contribution in [0.25, 0.3) is 88.6 Å². The predicted molar refractivity (Wildman–Crippen MR) is 506 cm³/mol. The smallest absolute Gasteiger partial charge is 0.155 e. The first-order valence-corrected chi connectivity index (χ1v) is 41.1. The number of hydrogen-bond donors (Lipinski definition) is 4. The van der Waals surface area contributed by atoms with Crippen molar-refractivity contribution in [1.29, 1.82) is 0 Å². The molecule has 0 saturated carbocycles. The van der Waals surface area contributed by atoms with Crippen molar-refractivity contribution in [3.63, 3.8) is 0 Å². The van der Waals surface area contributed by atoms with E-state index in [1.807, 2.05) is 24.3 Å². The first-order valence-electron chi connectivity index (χ1n) is 41.1. The maximum Gasteiger partial charge on any atom is 0.155 e. The molecule has 12 aromatic rings. The Hall–Kier alpha value is -9.36. The fraction of sp³-hybridized carbons (Fsp3) is 0.333. The van der Waals surface area contributed by atoms with Gasteiger partial charge in [-0.05, 0) is 218 Å². The summed E-state index contributed by atoms with van der Waals surface area (Å²) in [6.07, 6.45) is 6.80. The molecular weight excluding hydrogens is 2270 g/mol. The minimum absolute atomic E-state index is 0. The van der Waals surface area contributed by atoms with Gasteiger partial charge in [0.2, 0.25) is 0 Å². The second-order valence-electron chi connectivity index (χ2n) is 35.1. The van der Waals surface area contributed by atoms with Gasteiger partial charge in [0.15, 0.2) is 23.1 Å². The summed E-state index contributed by atoms with van der Waals surface area (Å²) in [4.78, 5) is 59.7. The van der Waals surface area contributed by atoms with Crippen molar-refractivity contribution in [2.24, 2.45) is 0 Å². The molecule has 0 amide bonds. The van der Waals surface area contributed by atoms with Gasteiger partial charge in [0.25, 0.3) is 0 Å². The summed E-state index contributed by atoms with van der Waals surface area (Å²) < 4.78 is 5.34. The predicted octanol–water partition coefficient (Wildman–Crippen LogP) is 27.4. The number of fused-ring (bicyclic) bond motifs is 4. The molecule has 4 radical (unpaired) electrons. The van der Waals surface area contributed by atoms with Crippen LogP contribution in [0.3, 0.4) is 0 Å². The third kappa shape index (κ3) is 37.2. The summed E-state index contributed by atoms with van der Waals surface area (Å²) >= 11 is 0. The first kappa shape index (κ1) is 114. The van der Waals surface area contributed by atoms with Crippen molar-refractivity contribution in [2.45, 2.75) is 235 Å². The average Bonchev–Trinajstić information content (AvgIpc) is 0.766. The van der Waals surface area contributed by atoms with Crippen molar-refractivity contribution in [3.8, 4) is 50.8 Å². The minimum atomic E-state index is -0.125. The van der Waals surface area contributed by atoms with Crippen LogP contribution in [0.2, 0.25) is 0 Å². The van der Waals surface area contributed by atoms with Crippen LogP contribution in [0, 0.1) is 72.7 Å². The quantitative estimate of drug-likeness (QED) is 0.0540. The van der Waals surface area contributed by atoms with E-state index >= 15 is 0 Å². The Balaban J connectivity index is 0.000000750. The van der Waals surface area contributed by atoms with Gasteiger partial charge in [-0.2, -0.15) is 0 Å². The molecule has 0 aliphatic heterocycles. The number of methoxy groups -OCH3 is 1. The number of rotatable bonds is 11. The van der Waals surface area contributed by atoms with Crippen LogP contribution in [0.1, 0.15) is 225 Å². The minimum Gasteiger partial charge on any atom is -0.516 e. The Morgan fingerprint density at radius 1 is 0.360 bits per heavy atom. The number of pyridine rings is 4. The van der Waals surface area contributed by atoms with Crippen LogP contribution < -0.4 is 4.74 Å². The molecule has 4 N–H and O–H groups in total. The normalized spacial score (nSPS) is 11.4. The molecule has 4 aromatic heterocycles. The number of ether oxygens (including phenoxy) is 1. The molecule has 0 unspecified atom stereocenters. The Kier molecular flexibility index (Phi) is 46.8. The second kappa shape index (κ2) is 51.4. The van der Waals surface area contributed by atoms with E-state index in [1.54, 1.807) is 7.11 Å². The molecule has 0 spiro atoms. The number of nitrogens with zero attached hydrogens (tertiary/aromatic N) is 4. The van der Waals surface area contributed by atoms with Crippen molar-refractivity contribution in [1.82, 2.24) is 19.9 Å². The Morgan fingerprint density at radius 3 is 1.07 bits per heavy atom. The molecule has 125 heavy (non-hydrogen) atoms. The number of carbonyl (C=O) groups excluding carboxylic acids is 4. The van der Waals surface area contributed by atoms with Gasteiger partial charge < -0.3 is 25.2 Å². The van der Waals surface area contributed by atoms with E-state index in [4.69, 9.17) is 45.1 Å². The van der Waals surface area contributed by atoms with E-state index in [0.29, 0.717) is 0 Å². The summed E-state index contributed by atoms with van der Waals surface area (Å²) in [6, 6.07) is 69.1. The zero-order valence-corrected chi connectivity index (χ0v) is 88.3. The van der Waals surface area contributed by atoms with Crippen molar-refractivity contribution in [3.05, 3.63) is 302 Å². The molecule has 17 heteroatoms. The van der Waals surface area contributed by atoms with E-state index in [1.165, 1.54) is 162 Å². The molecule has 4 heterocycles. The number of aliphatic hydroxyl groups is 4. The van der Waals surface area contributed by atoms with E-state index in [-0.39, 0.29) is 148 Å². The average molecular weight is 2400 g/mol. The molecule has 0 aliphatic rings. The van der Waals surface area contributed by atoms with Gasteiger partial charge in [-0.15, -0.1) is 135 Å². The summed E-state index contributed by atoms with van der Waals surface area (Å²) in [5.41, 5.74) is 29.4. The monoisotopic (exact) mass is 2400 g/mol. The zero-order valence-electron chi connectivity index (χ0n) is 78.7. The molecule has 0 saturated heterocycles. The maximum absolute atomic E-state index is 10.0. The van der Waals surface area contributed by atoms with Gasteiger partial charge in [-0.1, -0.05) is 192 Å². The molecule has 0 atom stereocenters. The summed E-state index contributed by atoms with van der Waals surface area (Å²) in [5, 5.41) is 38.3. The van der Waals surface area contributed by atoms with Crippen LogP contribution in [0.4, 0.5) is 0 Å². The summed E-state index contributed by atoms with van der Waals surface area (Å²) in [6.45, 7) is 57.8. The van der Waals surface area contributed by atoms with Crippen LogP contribution >= 0.6 is 0 Å². The largest absolute Gasteiger partial charge is 0.516 e. The molecule has 0 aliphatic carbocycles. The van der Waals surface area contributed by atoms with Crippen LogP contribution in [0.15, 0.2) is 205 Å². The molecule has 13 nitrogen and oxygen atoms in total. The number of carbonyl (C=O) groups is 4. The SMILES string of the molecule is CC(=O)C=C(C)O.CC(=O)C=C(C)O.CC(=O)C=C(C)O.CC(=O)C=C(C)O.CCc1cc2ccc(-c3[c-]c(C)cc(C)c3)nc2cc1C.CCc1cc2ccc(-c3[c-]ccc(C)c3)nc2cc1C.COc1cc[c-]c(-c2ccc3c(C(C)(C)C)cc(C(C)(C)C)cc3n2)c1.Cc1[c-]c(-c2ccc3c(C(C)(C)C)cc(C(C)(C)C)cc3n2)c(C)cc1.[Ir].[Ir].[Ir].[Ir]. The van der Waals surface area contributed by atoms with Gasteiger partial charge in [-0.3, -0.25) is 39.1 Å². The Labute approximate surface area is 799 Å². The molecule has 0 bridgehead atoms. The third-order valence-electron chi connectivity index (χ3n) is 19.2. The number of benzene rings is 8. The molecule has 0 fully saturated rings. The summed E-state index contributed by atoms with van der Waals surface area (Å²) in [5.74, 6) is 0.569. The van der Waals surface area contributed by atoms with Crippen LogP contribution in [-0.4, -0.2) is 70.6 Å². The molecule has 8 aromatic carbocycles. The summed E-state index contributed by atoms with van der Waals surface area (Å²) in [7, 11) is 1.68. The number of hydrogen-bond acceptors (Lipinski definition) is 13. The van der Waals surface area contributed by atoms with Gasteiger partial charge in [0, 0.05) is 121 Å². The molecule has 674 valence electrons. The third-order valence-corrected chi connectivity index (χ3v) is 19.2. The van der Waals surface area contributed by atoms with E-state index < -0.39 is 0 Å². The molecular formula is C108H128Ir4N4O9-4. The second-order valence-corrected chi connectivity index (χ2v) is 35.1. The maximum atomic E-state index is 10.0. The topological polar surface area (TPSA) is 210 Å². The van der Waals surface area contributed by atoms with Gasteiger partial charge in [-0.25, -0.2) is 0 Å². The van der Waals surface area contributed by atoms with E-state index in [9.17, 15) is 19.2 Å². The Morgan fingerprint density at radius 2 is 0.720 bits per heavy atom. The van der Waals surface area contributed by atoms with E-state index in [0.717, 1.165) is 96.8 Å². The van der Waals surface area contributed by atoms with Gasteiger partial charge >= 0.3 is 0 Å². The van der Waals surface area contributed by atoms with Crippen LogP contribution in [-0.2, 0) is 134 Å². The number of ketones is 4. The van der Waals surface area contributed by atoms with Crippen LogP contribution in [0.5, 0.6) is 5.75 Å². The first-order chi connectivity index (χ1) is 56.3. The number of aryl methyl sites for hydroxylation is 9. The standard InChI is InChI=1S/C25H30N.C24H28NO.C20H20N.C19H18N.4C5H8O2.4Ir/c1-16-9-10-17(2)20(13-16)22-12-11-19-21(25(6,7)8)14-18(24(3,4)5)15-23(19)26-22;1-23(2,3)17-14-20(24(4,5)6)19-11-12-21(25-22(19)15-17)16-9-8-10-18(13-16)26-7;1-5-16-12-17-6-7-19(21-20(17)11-15(16)4)18-9-13(2)8-14(3)10-18;1-4-15-12-17-8-9-18(20-19(17)11-14(15)3)16-7-5-6-13(2)10-16;4*1-4(6)3-5(2)7;;;;/h9-12,14-15H,1-8H3;8,10-15H,1-7H3;6-9,11-12H,5H2,1-4H3;5-6,8-12H,4H2,1-3H3;4*3,6H,1-2H3;;;;/q4*-1;;;;;;;;. The number of aliphatic hydroxyl groups excluding tert-OH is 4. The van der Waals surface area contributed by atoms with Crippen molar-refractivity contribution < 1.29 is 125 Å². The zero-order chi connectivity index (χ0) is 90.9.